The Kier molecular flexibility index (Phi) is 4.29. The SMILES string of the molecule is Nc1ccc(S(=O)(=O)O)c(NC(=O)c2ccc([N+](=O)[O-])cc2)c1. The third kappa shape index (κ3) is 3.81. The van der Waals surface area contributed by atoms with Gasteiger partial charge in [-0.2, -0.15) is 8.42 Å². The second-order valence-corrected chi connectivity index (χ2v) is 5.88. The number of carbonyl (C=O) groups excluding carboxylic acids is 1. The molecular formula is C13H11N3O6S. The van der Waals surface area contributed by atoms with Crippen molar-refractivity contribution < 1.29 is 22.7 Å². The van der Waals surface area contributed by atoms with E-state index >= 15 is 0 Å². The molecule has 0 radical (unpaired) electrons. The van der Waals surface area contributed by atoms with E-state index < -0.39 is 25.8 Å². The van der Waals surface area contributed by atoms with Crippen LogP contribution >= 0.6 is 0 Å². The minimum absolute atomic E-state index is 0.0688. The summed E-state index contributed by atoms with van der Waals surface area (Å²) < 4.78 is 31.7. The van der Waals surface area contributed by atoms with Gasteiger partial charge in [-0.05, 0) is 30.3 Å². The van der Waals surface area contributed by atoms with E-state index in [9.17, 15) is 23.3 Å². The van der Waals surface area contributed by atoms with Crippen molar-refractivity contribution in [1.82, 2.24) is 0 Å². The van der Waals surface area contributed by atoms with E-state index in [2.05, 4.69) is 5.32 Å². The van der Waals surface area contributed by atoms with Crippen LogP contribution in [0, 0.1) is 10.1 Å². The van der Waals surface area contributed by atoms with Crippen LogP contribution in [0.15, 0.2) is 47.4 Å². The van der Waals surface area contributed by atoms with Crippen molar-refractivity contribution in [1.29, 1.82) is 0 Å². The van der Waals surface area contributed by atoms with Gasteiger partial charge in [0.15, 0.2) is 0 Å². The summed E-state index contributed by atoms with van der Waals surface area (Å²) in [6.07, 6.45) is 0. The summed E-state index contributed by atoms with van der Waals surface area (Å²) in [5, 5.41) is 12.9. The zero-order valence-electron chi connectivity index (χ0n) is 11.5. The molecule has 9 nitrogen and oxygen atoms in total. The Morgan fingerprint density at radius 1 is 1.17 bits per heavy atom. The largest absolute Gasteiger partial charge is 0.399 e. The highest BCUT2D eigenvalue weighted by Gasteiger charge is 2.18. The molecule has 0 unspecified atom stereocenters. The highest BCUT2D eigenvalue weighted by Crippen LogP contribution is 2.24. The van der Waals surface area contributed by atoms with Gasteiger partial charge in [0.05, 0.1) is 10.6 Å². The molecule has 1 amide bonds. The zero-order valence-corrected chi connectivity index (χ0v) is 12.3. The van der Waals surface area contributed by atoms with Gasteiger partial charge < -0.3 is 11.1 Å². The van der Waals surface area contributed by atoms with Gasteiger partial charge in [-0.3, -0.25) is 19.5 Å². The van der Waals surface area contributed by atoms with Gasteiger partial charge in [0.25, 0.3) is 21.7 Å². The molecule has 120 valence electrons. The summed E-state index contributed by atoms with van der Waals surface area (Å²) in [7, 11) is -4.56. The molecule has 0 aliphatic rings. The smallest absolute Gasteiger partial charge is 0.296 e. The number of hydrogen-bond donors (Lipinski definition) is 3. The molecule has 0 saturated carbocycles. The first-order valence-electron chi connectivity index (χ1n) is 6.11. The molecule has 0 fully saturated rings. The van der Waals surface area contributed by atoms with Gasteiger partial charge >= 0.3 is 0 Å². The highest BCUT2D eigenvalue weighted by molar-refractivity contribution is 7.86. The number of nitrogens with one attached hydrogen (secondary N) is 1. The topological polar surface area (TPSA) is 153 Å². The predicted octanol–water partition coefficient (Wildman–Crippen LogP) is 1.68. The summed E-state index contributed by atoms with van der Waals surface area (Å²) in [5.74, 6) is -0.713. The standard InChI is InChI=1S/C13H11N3O6S/c14-9-3-6-12(23(20,21)22)11(7-9)15-13(17)8-1-4-10(5-2-8)16(18)19/h1-7H,14H2,(H,15,17)(H,20,21,22). The van der Waals surface area contributed by atoms with Gasteiger partial charge in [-0.25, -0.2) is 0 Å². The molecule has 0 aromatic heterocycles. The summed E-state index contributed by atoms with van der Waals surface area (Å²) in [6.45, 7) is 0. The number of non-ortho nitro benzene ring substituents is 1. The number of anilines is 2. The number of nitrogens with zero attached hydrogens (tertiary/aromatic N) is 1. The van der Waals surface area contributed by atoms with E-state index in [1.54, 1.807) is 0 Å². The lowest BCUT2D eigenvalue weighted by atomic mass is 10.2. The molecule has 0 saturated heterocycles. The van der Waals surface area contributed by atoms with Gasteiger partial charge in [-0.1, -0.05) is 0 Å². The number of rotatable bonds is 4. The molecule has 2 rings (SSSR count). The van der Waals surface area contributed by atoms with E-state index in [1.165, 1.54) is 24.3 Å². The van der Waals surface area contributed by atoms with E-state index in [0.29, 0.717) is 0 Å². The molecule has 0 bridgehead atoms. The monoisotopic (exact) mass is 337 g/mol. The van der Waals surface area contributed by atoms with Gasteiger partial charge in [0.2, 0.25) is 0 Å². The van der Waals surface area contributed by atoms with Crippen molar-refractivity contribution in [2.75, 3.05) is 11.1 Å². The number of nitro benzene ring substituents is 1. The molecule has 0 atom stereocenters. The summed E-state index contributed by atoms with van der Waals surface area (Å²) >= 11 is 0. The fraction of sp³-hybridized carbons (Fsp3) is 0. The first kappa shape index (κ1) is 16.4. The number of hydrogen-bond acceptors (Lipinski definition) is 6. The van der Waals surface area contributed by atoms with Crippen LogP contribution in [0.25, 0.3) is 0 Å². The first-order valence-corrected chi connectivity index (χ1v) is 7.55. The van der Waals surface area contributed by atoms with Crippen LogP contribution in [0.2, 0.25) is 0 Å². The van der Waals surface area contributed by atoms with Crippen molar-refractivity contribution in [3.63, 3.8) is 0 Å². The van der Waals surface area contributed by atoms with Crippen molar-refractivity contribution in [3.05, 3.63) is 58.1 Å². The predicted molar refractivity (Wildman–Crippen MR) is 81.7 cm³/mol. The van der Waals surface area contributed by atoms with E-state index in [0.717, 1.165) is 18.2 Å². The molecule has 0 aliphatic heterocycles. The minimum Gasteiger partial charge on any atom is -0.399 e. The molecule has 2 aromatic carbocycles. The molecule has 0 spiro atoms. The van der Waals surface area contributed by atoms with Crippen LogP contribution in [0.1, 0.15) is 10.4 Å². The number of nitrogen functional groups attached to an aromatic ring is 1. The maximum absolute atomic E-state index is 12.1. The van der Waals surface area contributed by atoms with Gasteiger partial charge in [0.1, 0.15) is 4.90 Å². The molecule has 10 heteroatoms. The van der Waals surface area contributed by atoms with Crippen LogP contribution in [0.4, 0.5) is 17.1 Å². The summed E-state index contributed by atoms with van der Waals surface area (Å²) in [5.41, 5.74) is 5.39. The highest BCUT2D eigenvalue weighted by atomic mass is 32.2. The zero-order chi connectivity index (χ0) is 17.2. The quantitative estimate of drug-likeness (QED) is 0.332. The Bertz CT molecular complexity index is 877. The maximum Gasteiger partial charge on any atom is 0.296 e. The number of nitro groups is 1. The van der Waals surface area contributed by atoms with E-state index in [1.807, 2.05) is 0 Å². The lowest BCUT2D eigenvalue weighted by molar-refractivity contribution is -0.384. The summed E-state index contributed by atoms with van der Waals surface area (Å²) in [6, 6.07) is 8.18. The Balaban J connectivity index is 2.33. The fourth-order valence-electron chi connectivity index (χ4n) is 1.80. The number of amides is 1. The lowest BCUT2D eigenvalue weighted by Gasteiger charge is -2.10. The molecule has 23 heavy (non-hydrogen) atoms. The number of benzene rings is 2. The Labute approximate surface area is 130 Å². The number of nitrogens with two attached hydrogens (primary N) is 1. The van der Waals surface area contributed by atoms with Crippen LogP contribution in [-0.2, 0) is 10.1 Å². The van der Waals surface area contributed by atoms with Crippen molar-refractivity contribution in [2.45, 2.75) is 4.90 Å². The average molecular weight is 337 g/mol. The Morgan fingerprint density at radius 3 is 2.30 bits per heavy atom. The van der Waals surface area contributed by atoms with Crippen molar-refractivity contribution in [2.24, 2.45) is 0 Å². The molecule has 0 heterocycles. The molecule has 4 N–H and O–H groups in total. The lowest BCUT2D eigenvalue weighted by Crippen LogP contribution is -2.15. The molecule has 2 aromatic rings. The Hall–Kier alpha value is -2.98. The van der Waals surface area contributed by atoms with Crippen molar-refractivity contribution in [3.8, 4) is 0 Å². The average Bonchev–Trinajstić information content (AvgIpc) is 2.46. The third-order valence-corrected chi connectivity index (χ3v) is 3.78. The van der Waals surface area contributed by atoms with Gasteiger partial charge in [-0.15, -0.1) is 0 Å². The van der Waals surface area contributed by atoms with Crippen LogP contribution in [0.3, 0.4) is 0 Å². The van der Waals surface area contributed by atoms with Crippen molar-refractivity contribution >= 4 is 33.1 Å². The minimum atomic E-state index is -4.56. The summed E-state index contributed by atoms with van der Waals surface area (Å²) in [4.78, 5) is 21.5. The van der Waals surface area contributed by atoms with E-state index in [4.69, 9.17) is 10.3 Å². The van der Waals surface area contributed by atoms with Crippen LogP contribution in [-0.4, -0.2) is 23.8 Å². The van der Waals surface area contributed by atoms with Gasteiger partial charge in [0, 0.05) is 23.4 Å². The third-order valence-electron chi connectivity index (χ3n) is 2.87. The van der Waals surface area contributed by atoms with Crippen LogP contribution in [0.5, 0.6) is 0 Å². The number of carbonyl (C=O) groups is 1. The second-order valence-electron chi connectivity index (χ2n) is 4.49. The maximum atomic E-state index is 12.1. The van der Waals surface area contributed by atoms with E-state index in [-0.39, 0.29) is 22.6 Å². The Morgan fingerprint density at radius 2 is 1.78 bits per heavy atom. The normalized spacial score (nSPS) is 11.0. The molecule has 0 aliphatic carbocycles. The fourth-order valence-corrected chi connectivity index (χ4v) is 2.43. The molecular weight excluding hydrogens is 326 g/mol. The van der Waals surface area contributed by atoms with Crippen LogP contribution < -0.4 is 11.1 Å². The second kappa shape index (κ2) is 6.02. The first-order chi connectivity index (χ1) is 10.7.